The number of esters is 1. The highest BCUT2D eigenvalue weighted by molar-refractivity contribution is 6.74. The van der Waals surface area contributed by atoms with Gasteiger partial charge in [0.2, 0.25) is 12.5 Å². The van der Waals surface area contributed by atoms with E-state index in [0.29, 0.717) is 33.9 Å². The van der Waals surface area contributed by atoms with Crippen LogP contribution in [0.25, 0.3) is 0 Å². The molecule has 56 heavy (non-hydrogen) atoms. The summed E-state index contributed by atoms with van der Waals surface area (Å²) in [5, 5.41) is 22.9. The normalized spacial score (nSPS) is 22.5. The second-order valence-electron chi connectivity index (χ2n) is 15.6. The van der Waals surface area contributed by atoms with Crippen molar-refractivity contribution in [3.8, 4) is 40.6 Å². The highest BCUT2D eigenvalue weighted by atomic mass is 28.4. The van der Waals surface area contributed by atoms with Crippen molar-refractivity contribution in [2.75, 3.05) is 33.7 Å². The third kappa shape index (κ3) is 6.70. The van der Waals surface area contributed by atoms with E-state index < -0.39 is 74.0 Å². The van der Waals surface area contributed by atoms with Gasteiger partial charge in [0.1, 0.15) is 25.0 Å². The van der Waals surface area contributed by atoms with E-state index in [0.717, 1.165) is 7.11 Å². The first-order valence-electron chi connectivity index (χ1n) is 18.1. The molecule has 4 aliphatic heterocycles. The molecular formula is C39H46F3N3O10Si. The Balaban J connectivity index is 1.63. The van der Waals surface area contributed by atoms with Gasteiger partial charge in [0.15, 0.2) is 31.3 Å². The Bertz CT molecular complexity index is 1990. The Morgan fingerprint density at radius 1 is 1.07 bits per heavy atom. The zero-order chi connectivity index (χ0) is 41.1. The summed E-state index contributed by atoms with van der Waals surface area (Å²) in [5.41, 5.74) is 2.44. The SMILES string of the molecule is C=CCOC(=O)N1[C@@H]2c3c(cc(OC(=O)C(F)(F)F)c(OC)c3O)C[C@H]1[C@H](C#N)N1[C@@H](CO[Si](C)(C)C(C)(C)C)c3c(c(OCC=C)c(C)c4c3OCO4)C[C@@H]21. The van der Waals surface area contributed by atoms with Gasteiger partial charge in [-0.05, 0) is 49.5 Å². The van der Waals surface area contributed by atoms with E-state index in [2.05, 4.69) is 53.1 Å². The second kappa shape index (κ2) is 14.9. The van der Waals surface area contributed by atoms with Crippen molar-refractivity contribution in [1.29, 1.82) is 5.26 Å². The van der Waals surface area contributed by atoms with Crippen LogP contribution in [0.3, 0.4) is 0 Å². The number of hydrogen-bond donors (Lipinski definition) is 1. The summed E-state index contributed by atoms with van der Waals surface area (Å²) in [7, 11) is -1.35. The van der Waals surface area contributed by atoms with Crippen LogP contribution < -0.4 is 23.7 Å². The van der Waals surface area contributed by atoms with Crippen LogP contribution in [0.1, 0.15) is 60.7 Å². The third-order valence-electron chi connectivity index (χ3n) is 11.5. The fourth-order valence-electron chi connectivity index (χ4n) is 8.02. The van der Waals surface area contributed by atoms with E-state index in [9.17, 15) is 33.1 Å². The van der Waals surface area contributed by atoms with Crippen LogP contribution in [-0.4, -0.2) is 93.3 Å². The second-order valence-corrected chi connectivity index (χ2v) is 20.4. The van der Waals surface area contributed by atoms with Crippen LogP contribution in [0.2, 0.25) is 18.1 Å². The topological polar surface area (TPSA) is 149 Å². The molecule has 4 heterocycles. The molecule has 0 radical (unpaired) electrons. The van der Waals surface area contributed by atoms with Gasteiger partial charge in [-0.25, -0.2) is 9.59 Å². The van der Waals surface area contributed by atoms with Crippen molar-refractivity contribution in [3.63, 3.8) is 0 Å². The number of methoxy groups -OCH3 is 1. The number of nitrogens with zero attached hydrogens (tertiary/aromatic N) is 3. The first kappa shape index (κ1) is 40.7. The number of halogens is 3. The standard InChI is InChI=1S/C39H46F3N3O10Si/c1-10-12-50-32-20(3)33-35(53-19-52-33)29-22(32)16-24-30-28-21(15-27(34(49-7)31(28)46)55-36(47)39(40,41)42)14-23(45(30)37(48)51-13-11-2)25(17-43)44(24)26(29)18-54-56(8,9)38(4,5)6/h10-11,15,23-26,30,46H,1-2,12-14,16,18-19H2,3-9H3/t23-,24-,25-,26-,30-/m0/s1. The number of rotatable bonds is 10. The number of aromatic hydroxyl groups is 1. The number of alkyl halides is 3. The molecule has 1 fully saturated rings. The van der Waals surface area contributed by atoms with Crippen molar-refractivity contribution in [2.24, 2.45) is 0 Å². The van der Waals surface area contributed by atoms with Crippen LogP contribution in [0.5, 0.6) is 34.5 Å². The minimum Gasteiger partial charge on any atom is -0.504 e. The minimum absolute atomic E-state index is 0.0507. The van der Waals surface area contributed by atoms with Gasteiger partial charge >= 0.3 is 18.2 Å². The van der Waals surface area contributed by atoms with E-state index in [1.165, 1.54) is 17.0 Å². The van der Waals surface area contributed by atoms with E-state index in [-0.39, 0.29) is 55.6 Å². The molecule has 2 bridgehead atoms. The molecule has 0 aliphatic carbocycles. The number of hydrogen-bond acceptors (Lipinski definition) is 12. The van der Waals surface area contributed by atoms with Gasteiger partial charge < -0.3 is 38.0 Å². The minimum atomic E-state index is -5.35. The number of fused-ring (bicyclic) bond motifs is 9. The molecule has 1 amide bonds. The van der Waals surface area contributed by atoms with Crippen molar-refractivity contribution in [3.05, 3.63) is 59.2 Å². The third-order valence-corrected chi connectivity index (χ3v) is 16.0. The largest absolute Gasteiger partial charge is 0.504 e. The quantitative estimate of drug-likeness (QED) is 0.115. The monoisotopic (exact) mass is 801 g/mol. The fourth-order valence-corrected chi connectivity index (χ4v) is 9.03. The number of phenols is 1. The average molecular weight is 802 g/mol. The Kier molecular flexibility index (Phi) is 10.8. The van der Waals surface area contributed by atoms with E-state index in [4.69, 9.17) is 32.8 Å². The molecule has 0 saturated carbocycles. The number of nitriles is 1. The highest BCUT2D eigenvalue weighted by Crippen LogP contribution is 2.60. The van der Waals surface area contributed by atoms with E-state index >= 15 is 0 Å². The molecule has 0 aromatic heterocycles. The molecule has 302 valence electrons. The lowest BCUT2D eigenvalue weighted by molar-refractivity contribution is -0.189. The number of carbonyl (C=O) groups is 2. The maximum absolute atomic E-state index is 14.1. The lowest BCUT2D eigenvalue weighted by Crippen LogP contribution is -2.70. The molecule has 2 aromatic rings. The Morgan fingerprint density at radius 2 is 1.75 bits per heavy atom. The summed E-state index contributed by atoms with van der Waals surface area (Å²) in [4.78, 5) is 29.5. The number of amides is 1. The zero-order valence-corrected chi connectivity index (χ0v) is 33.4. The molecule has 2 aromatic carbocycles. The lowest BCUT2D eigenvalue weighted by Gasteiger charge is -2.60. The number of phenolic OH excluding ortho intramolecular Hbond substituents is 1. The van der Waals surface area contributed by atoms with Crippen LogP contribution in [0.15, 0.2) is 31.4 Å². The van der Waals surface area contributed by atoms with Gasteiger partial charge in [0.25, 0.3) is 0 Å². The molecule has 0 spiro atoms. The summed E-state index contributed by atoms with van der Waals surface area (Å²) in [6, 6.07) is -1.01. The lowest BCUT2D eigenvalue weighted by atomic mass is 9.72. The maximum atomic E-state index is 14.1. The summed E-state index contributed by atoms with van der Waals surface area (Å²) < 4.78 is 81.2. The first-order chi connectivity index (χ1) is 26.3. The number of carbonyl (C=O) groups excluding carboxylic acids is 2. The Morgan fingerprint density at radius 3 is 2.36 bits per heavy atom. The molecule has 4 aliphatic rings. The van der Waals surface area contributed by atoms with Gasteiger partial charge in [0, 0.05) is 28.3 Å². The number of benzene rings is 2. The Hall–Kier alpha value is -4.92. The van der Waals surface area contributed by atoms with Crippen LogP contribution in [0.4, 0.5) is 18.0 Å². The predicted molar refractivity (Wildman–Crippen MR) is 198 cm³/mol. The van der Waals surface area contributed by atoms with E-state index in [1.54, 1.807) is 6.08 Å². The molecule has 1 N–H and O–H groups in total. The van der Waals surface area contributed by atoms with Gasteiger partial charge in [-0.1, -0.05) is 46.1 Å². The van der Waals surface area contributed by atoms with Crippen molar-refractivity contribution in [2.45, 2.75) is 95.1 Å². The van der Waals surface area contributed by atoms with Gasteiger partial charge in [0.05, 0.1) is 37.9 Å². The van der Waals surface area contributed by atoms with Gasteiger partial charge in [-0.15, -0.1) is 0 Å². The smallest absolute Gasteiger partial charge is 0.491 e. The van der Waals surface area contributed by atoms with Crippen molar-refractivity contribution < 1.29 is 60.7 Å². The summed E-state index contributed by atoms with van der Waals surface area (Å²) >= 11 is 0. The molecule has 13 nitrogen and oxygen atoms in total. The number of piperazine rings is 1. The average Bonchev–Trinajstić information content (AvgIpc) is 3.62. The van der Waals surface area contributed by atoms with Crippen molar-refractivity contribution in [1.82, 2.24) is 9.80 Å². The van der Waals surface area contributed by atoms with Gasteiger partial charge in [-0.2, -0.15) is 18.4 Å². The van der Waals surface area contributed by atoms with Crippen LogP contribution in [-0.2, 0) is 26.8 Å². The van der Waals surface area contributed by atoms with E-state index in [1.807, 2.05) is 11.8 Å². The molecule has 1 saturated heterocycles. The van der Waals surface area contributed by atoms with Crippen LogP contribution in [0, 0.1) is 18.3 Å². The predicted octanol–water partition coefficient (Wildman–Crippen LogP) is 6.96. The molecule has 17 heteroatoms. The molecular weight excluding hydrogens is 756 g/mol. The van der Waals surface area contributed by atoms with Gasteiger partial charge in [-0.3, -0.25) is 9.80 Å². The molecule has 5 atom stereocenters. The maximum Gasteiger partial charge on any atom is 0.491 e. The Labute approximate surface area is 324 Å². The molecule has 0 unspecified atom stereocenters. The zero-order valence-electron chi connectivity index (χ0n) is 32.4. The van der Waals surface area contributed by atoms with Crippen LogP contribution >= 0.6 is 0 Å². The summed E-state index contributed by atoms with van der Waals surface area (Å²) in [6.07, 6.45) is -3.18. The first-order valence-corrected chi connectivity index (χ1v) is 21.0. The fraction of sp³-hybridized carbons (Fsp3) is 0.513. The number of ether oxygens (including phenoxy) is 6. The van der Waals surface area contributed by atoms with Crippen molar-refractivity contribution >= 4 is 20.4 Å². The summed E-state index contributed by atoms with van der Waals surface area (Å²) in [6.45, 7) is 19.9. The highest BCUT2D eigenvalue weighted by Gasteiger charge is 2.60. The summed E-state index contributed by atoms with van der Waals surface area (Å²) in [5.74, 6) is -2.90. The molecule has 6 rings (SSSR count).